The van der Waals surface area contributed by atoms with Gasteiger partial charge in [-0.3, -0.25) is 0 Å². The molecule has 0 aliphatic rings. The quantitative estimate of drug-likeness (QED) is 0.473. The van der Waals surface area contributed by atoms with Crippen LogP contribution in [0.5, 0.6) is 11.5 Å². The van der Waals surface area contributed by atoms with Crippen molar-refractivity contribution in [2.24, 2.45) is 0 Å². The minimum atomic E-state index is -0.406. The van der Waals surface area contributed by atoms with Crippen LogP contribution >= 0.6 is 27.5 Å². The van der Waals surface area contributed by atoms with E-state index >= 15 is 0 Å². The smallest absolute Gasteiger partial charge is 0.175 e. The molecule has 0 aliphatic heterocycles. The van der Waals surface area contributed by atoms with Crippen molar-refractivity contribution >= 4 is 27.5 Å². The molecule has 0 radical (unpaired) electrons. The number of rotatable bonds is 8. The van der Waals surface area contributed by atoms with E-state index in [-0.39, 0.29) is 6.61 Å². The maximum atomic E-state index is 13.9. The molecule has 4 nitrogen and oxygen atoms in total. The van der Waals surface area contributed by atoms with Gasteiger partial charge in [-0.2, -0.15) is 0 Å². The van der Waals surface area contributed by atoms with Crippen LogP contribution in [0.1, 0.15) is 16.9 Å². The predicted octanol–water partition coefficient (Wildman–Crippen LogP) is 5.71. The molecule has 0 fully saturated rings. The summed E-state index contributed by atoms with van der Waals surface area (Å²) in [6.45, 7) is 1.24. The molecule has 0 atom stereocenters. The van der Waals surface area contributed by atoms with Gasteiger partial charge in [-0.25, -0.2) is 4.39 Å². The maximum Gasteiger partial charge on any atom is 0.175 e. The molecule has 1 heterocycles. The van der Waals surface area contributed by atoms with Crippen molar-refractivity contribution in [1.82, 2.24) is 5.32 Å². The van der Waals surface area contributed by atoms with Crippen LogP contribution in [-0.2, 0) is 19.7 Å². The van der Waals surface area contributed by atoms with Crippen LogP contribution in [0, 0.1) is 5.82 Å². The van der Waals surface area contributed by atoms with E-state index in [0.717, 1.165) is 11.3 Å². The number of halogens is 3. The number of ether oxygens (including phenoxy) is 2. The Morgan fingerprint density at radius 2 is 2.04 bits per heavy atom. The van der Waals surface area contributed by atoms with Crippen LogP contribution in [0.25, 0.3) is 0 Å². The molecule has 1 aromatic heterocycles. The van der Waals surface area contributed by atoms with Gasteiger partial charge in [0.1, 0.15) is 18.2 Å². The highest BCUT2D eigenvalue weighted by molar-refractivity contribution is 9.10. The molecule has 0 amide bonds. The summed E-state index contributed by atoms with van der Waals surface area (Å²) in [5.41, 5.74) is 1.30. The lowest BCUT2D eigenvalue weighted by Gasteiger charge is -2.15. The van der Waals surface area contributed by atoms with E-state index in [1.807, 2.05) is 24.3 Å². The summed E-state index contributed by atoms with van der Waals surface area (Å²) in [4.78, 5) is 0. The highest BCUT2D eigenvalue weighted by Crippen LogP contribution is 2.37. The Hall–Kier alpha value is -2.02. The average molecular weight is 455 g/mol. The van der Waals surface area contributed by atoms with Gasteiger partial charge in [-0.05, 0) is 57.9 Å². The van der Waals surface area contributed by atoms with Gasteiger partial charge >= 0.3 is 0 Å². The SMILES string of the molecule is COc1cc(CNCc2ccco2)cc(Br)c1OCc1c(F)cccc1Cl. The third-order valence-electron chi connectivity index (χ3n) is 3.92. The first-order valence-electron chi connectivity index (χ1n) is 8.23. The zero-order valence-electron chi connectivity index (χ0n) is 14.6. The zero-order valence-corrected chi connectivity index (χ0v) is 16.9. The minimum Gasteiger partial charge on any atom is -0.493 e. The van der Waals surface area contributed by atoms with E-state index < -0.39 is 5.82 Å². The van der Waals surface area contributed by atoms with Crippen LogP contribution in [-0.4, -0.2) is 7.11 Å². The lowest BCUT2D eigenvalue weighted by Crippen LogP contribution is -2.12. The normalized spacial score (nSPS) is 10.8. The molecule has 0 saturated carbocycles. The fourth-order valence-corrected chi connectivity index (χ4v) is 3.39. The Labute approximate surface area is 170 Å². The van der Waals surface area contributed by atoms with Crippen molar-refractivity contribution in [1.29, 1.82) is 0 Å². The molecule has 3 rings (SSSR count). The molecule has 0 unspecified atom stereocenters. The topological polar surface area (TPSA) is 43.6 Å². The molecule has 0 spiro atoms. The van der Waals surface area contributed by atoms with E-state index in [1.54, 1.807) is 25.5 Å². The third kappa shape index (κ3) is 5.03. The van der Waals surface area contributed by atoms with Crippen LogP contribution in [0.4, 0.5) is 4.39 Å². The van der Waals surface area contributed by atoms with E-state index in [1.165, 1.54) is 6.07 Å². The van der Waals surface area contributed by atoms with Gasteiger partial charge in [-0.15, -0.1) is 0 Å². The van der Waals surface area contributed by atoms with Crippen molar-refractivity contribution in [2.45, 2.75) is 19.7 Å². The molecule has 3 aromatic rings. The number of nitrogens with one attached hydrogen (secondary N) is 1. The lowest BCUT2D eigenvalue weighted by atomic mass is 10.2. The fourth-order valence-electron chi connectivity index (χ4n) is 2.57. The standard InChI is InChI=1S/C20H18BrClFNO3/c1-25-19-9-13(10-24-11-14-4-3-7-26-14)8-16(21)20(19)27-12-15-17(22)5-2-6-18(15)23/h2-9,24H,10-12H2,1H3. The predicted molar refractivity (Wildman–Crippen MR) is 106 cm³/mol. The van der Waals surface area contributed by atoms with E-state index in [2.05, 4.69) is 21.2 Å². The molecule has 1 N–H and O–H groups in total. The molecule has 7 heteroatoms. The summed E-state index contributed by atoms with van der Waals surface area (Å²) in [6.07, 6.45) is 1.64. The van der Waals surface area contributed by atoms with Gasteiger partial charge in [0.25, 0.3) is 0 Å². The van der Waals surface area contributed by atoms with Crippen LogP contribution < -0.4 is 14.8 Å². The number of benzene rings is 2. The van der Waals surface area contributed by atoms with Crippen molar-refractivity contribution < 1.29 is 18.3 Å². The van der Waals surface area contributed by atoms with E-state index in [0.29, 0.717) is 39.6 Å². The number of hydrogen-bond acceptors (Lipinski definition) is 4. The van der Waals surface area contributed by atoms with Crippen molar-refractivity contribution in [3.8, 4) is 11.5 Å². The van der Waals surface area contributed by atoms with Crippen molar-refractivity contribution in [3.05, 3.63) is 80.9 Å². The Balaban J connectivity index is 1.70. The lowest BCUT2D eigenvalue weighted by molar-refractivity contribution is 0.277. The number of hydrogen-bond donors (Lipinski definition) is 1. The van der Waals surface area contributed by atoms with Gasteiger partial charge in [0, 0.05) is 12.1 Å². The number of methoxy groups -OCH3 is 1. The Morgan fingerprint density at radius 1 is 1.19 bits per heavy atom. The van der Waals surface area contributed by atoms with Crippen LogP contribution in [0.3, 0.4) is 0 Å². The van der Waals surface area contributed by atoms with Gasteiger partial charge in [-0.1, -0.05) is 17.7 Å². The second-order valence-corrected chi connectivity index (χ2v) is 7.04. The maximum absolute atomic E-state index is 13.9. The van der Waals surface area contributed by atoms with Gasteiger partial charge in [0.15, 0.2) is 11.5 Å². The van der Waals surface area contributed by atoms with Gasteiger partial charge < -0.3 is 19.2 Å². The van der Waals surface area contributed by atoms with Crippen molar-refractivity contribution in [3.63, 3.8) is 0 Å². The number of furan rings is 1. The molecular formula is C20H18BrClFNO3. The highest BCUT2D eigenvalue weighted by atomic mass is 79.9. The first-order chi connectivity index (χ1) is 13.1. The molecule has 0 saturated heterocycles. The summed E-state index contributed by atoms with van der Waals surface area (Å²) in [6, 6.07) is 12.1. The fraction of sp³-hybridized carbons (Fsp3) is 0.200. The Morgan fingerprint density at radius 3 is 2.74 bits per heavy atom. The van der Waals surface area contributed by atoms with Crippen molar-refractivity contribution in [2.75, 3.05) is 7.11 Å². The highest BCUT2D eigenvalue weighted by Gasteiger charge is 2.14. The van der Waals surface area contributed by atoms with Gasteiger partial charge in [0.05, 0.1) is 29.4 Å². The summed E-state index contributed by atoms with van der Waals surface area (Å²) < 4.78 is 31.2. The summed E-state index contributed by atoms with van der Waals surface area (Å²) in [5.74, 6) is 1.50. The molecular weight excluding hydrogens is 437 g/mol. The van der Waals surface area contributed by atoms with Crippen LogP contribution in [0.2, 0.25) is 5.02 Å². The third-order valence-corrected chi connectivity index (χ3v) is 4.86. The Kier molecular flexibility index (Phi) is 6.77. The molecule has 27 heavy (non-hydrogen) atoms. The largest absolute Gasteiger partial charge is 0.493 e. The first kappa shape index (κ1) is 19.7. The minimum absolute atomic E-state index is 0.00342. The zero-order chi connectivity index (χ0) is 19.2. The average Bonchev–Trinajstić information content (AvgIpc) is 3.15. The van der Waals surface area contributed by atoms with Gasteiger partial charge in [0.2, 0.25) is 0 Å². The molecule has 2 aromatic carbocycles. The van der Waals surface area contributed by atoms with Crippen LogP contribution in [0.15, 0.2) is 57.6 Å². The molecule has 0 bridgehead atoms. The van der Waals surface area contributed by atoms with E-state index in [9.17, 15) is 4.39 Å². The monoisotopic (exact) mass is 453 g/mol. The first-order valence-corrected chi connectivity index (χ1v) is 9.40. The summed E-state index contributed by atoms with van der Waals surface area (Å²) in [5, 5.41) is 3.62. The summed E-state index contributed by atoms with van der Waals surface area (Å²) in [7, 11) is 1.56. The molecule has 0 aliphatic carbocycles. The Bertz CT molecular complexity index is 882. The second-order valence-electron chi connectivity index (χ2n) is 5.78. The second kappa shape index (κ2) is 9.26. The van der Waals surface area contributed by atoms with E-state index in [4.69, 9.17) is 25.5 Å². The summed E-state index contributed by atoms with van der Waals surface area (Å²) >= 11 is 9.56. The molecule has 142 valence electrons.